The van der Waals surface area contributed by atoms with Gasteiger partial charge in [0.05, 0.1) is 13.2 Å². The van der Waals surface area contributed by atoms with Gasteiger partial charge in [0.1, 0.15) is 0 Å². The molecule has 88 valence electrons. The van der Waals surface area contributed by atoms with Gasteiger partial charge in [-0.1, -0.05) is 13.8 Å². The summed E-state index contributed by atoms with van der Waals surface area (Å²) in [5, 5.41) is 3.15. The Kier molecular flexibility index (Phi) is 5.05. The lowest BCUT2D eigenvalue weighted by Crippen LogP contribution is -2.39. The van der Waals surface area contributed by atoms with Crippen molar-refractivity contribution in [3.05, 3.63) is 0 Å². The lowest BCUT2D eigenvalue weighted by Gasteiger charge is -2.17. The smallest absolute Gasteiger partial charge is 0.236 e. The first kappa shape index (κ1) is 12.5. The number of hydrogen-bond donors (Lipinski definition) is 1. The summed E-state index contributed by atoms with van der Waals surface area (Å²) in [4.78, 5) is 13.7. The monoisotopic (exact) mass is 214 g/mol. The number of rotatable bonds is 5. The summed E-state index contributed by atoms with van der Waals surface area (Å²) in [6, 6.07) is 0.367. The molecule has 0 spiro atoms. The number of carbonyl (C=O) groups excluding carboxylic acids is 1. The molecule has 0 aromatic heterocycles. The summed E-state index contributed by atoms with van der Waals surface area (Å²) >= 11 is 0. The topological polar surface area (TPSA) is 41.6 Å². The van der Waals surface area contributed by atoms with Gasteiger partial charge in [-0.3, -0.25) is 4.79 Å². The quantitative estimate of drug-likeness (QED) is 0.724. The highest BCUT2D eigenvalue weighted by Crippen LogP contribution is 2.15. The molecule has 0 saturated carbocycles. The number of hydrogen-bond acceptors (Lipinski definition) is 3. The van der Waals surface area contributed by atoms with Crippen molar-refractivity contribution in [2.45, 2.75) is 26.3 Å². The van der Waals surface area contributed by atoms with Crippen molar-refractivity contribution in [2.24, 2.45) is 5.92 Å². The SMILES string of the molecule is COCC1CCN(C(=O)CNC(C)C)C1. The molecule has 4 nitrogen and oxygen atoms in total. The normalized spacial score (nSPS) is 21.3. The van der Waals surface area contributed by atoms with Crippen molar-refractivity contribution >= 4 is 5.91 Å². The molecular formula is C11H22N2O2. The Bertz CT molecular complexity index is 207. The van der Waals surface area contributed by atoms with Gasteiger partial charge < -0.3 is 15.0 Å². The van der Waals surface area contributed by atoms with E-state index in [9.17, 15) is 4.79 Å². The molecule has 1 fully saturated rings. The average Bonchev–Trinajstić information content (AvgIpc) is 2.63. The lowest BCUT2D eigenvalue weighted by molar-refractivity contribution is -0.129. The molecule has 4 heteroatoms. The van der Waals surface area contributed by atoms with E-state index in [0.29, 0.717) is 18.5 Å². The van der Waals surface area contributed by atoms with Crippen LogP contribution in [0.2, 0.25) is 0 Å². The van der Waals surface area contributed by atoms with Crippen LogP contribution in [0.4, 0.5) is 0 Å². The summed E-state index contributed by atoms with van der Waals surface area (Å²) < 4.78 is 5.10. The second kappa shape index (κ2) is 6.08. The van der Waals surface area contributed by atoms with Crippen LogP contribution in [0.15, 0.2) is 0 Å². The standard InChI is InChI=1S/C11H22N2O2/c1-9(2)12-6-11(14)13-5-4-10(7-13)8-15-3/h9-10,12H,4-8H2,1-3H3. The van der Waals surface area contributed by atoms with E-state index in [1.807, 2.05) is 18.7 Å². The molecule has 1 N–H and O–H groups in total. The Morgan fingerprint density at radius 2 is 2.33 bits per heavy atom. The van der Waals surface area contributed by atoms with E-state index in [4.69, 9.17) is 4.74 Å². The van der Waals surface area contributed by atoms with Gasteiger partial charge in [-0.2, -0.15) is 0 Å². The Labute approximate surface area is 92.0 Å². The van der Waals surface area contributed by atoms with Crippen LogP contribution in [0.1, 0.15) is 20.3 Å². The molecule has 0 bridgehead atoms. The fraction of sp³-hybridized carbons (Fsp3) is 0.909. The maximum atomic E-state index is 11.7. The fourth-order valence-electron chi connectivity index (χ4n) is 1.83. The van der Waals surface area contributed by atoms with Crippen molar-refractivity contribution in [3.8, 4) is 0 Å². The van der Waals surface area contributed by atoms with Gasteiger partial charge in [-0.05, 0) is 6.42 Å². The van der Waals surface area contributed by atoms with Crippen LogP contribution < -0.4 is 5.32 Å². The molecule has 15 heavy (non-hydrogen) atoms. The van der Waals surface area contributed by atoms with Gasteiger partial charge in [0.25, 0.3) is 0 Å². The van der Waals surface area contributed by atoms with Crippen LogP contribution >= 0.6 is 0 Å². The molecule has 1 rings (SSSR count). The van der Waals surface area contributed by atoms with Gasteiger partial charge in [0.15, 0.2) is 0 Å². The van der Waals surface area contributed by atoms with E-state index >= 15 is 0 Å². The van der Waals surface area contributed by atoms with Crippen LogP contribution in [-0.2, 0) is 9.53 Å². The highest BCUT2D eigenvalue weighted by molar-refractivity contribution is 5.78. The summed E-state index contributed by atoms with van der Waals surface area (Å²) in [7, 11) is 1.71. The summed E-state index contributed by atoms with van der Waals surface area (Å²) in [6.45, 7) is 7.05. The summed E-state index contributed by atoms with van der Waals surface area (Å²) in [5.41, 5.74) is 0. The maximum Gasteiger partial charge on any atom is 0.236 e. The van der Waals surface area contributed by atoms with E-state index in [-0.39, 0.29) is 5.91 Å². The second-order valence-corrected chi connectivity index (χ2v) is 4.49. The molecule has 1 aliphatic heterocycles. The van der Waals surface area contributed by atoms with Crippen molar-refractivity contribution in [2.75, 3.05) is 33.4 Å². The Morgan fingerprint density at radius 1 is 1.60 bits per heavy atom. The fourth-order valence-corrected chi connectivity index (χ4v) is 1.83. The highest BCUT2D eigenvalue weighted by atomic mass is 16.5. The Hall–Kier alpha value is -0.610. The van der Waals surface area contributed by atoms with Gasteiger partial charge in [-0.15, -0.1) is 0 Å². The molecule has 0 radical (unpaired) electrons. The van der Waals surface area contributed by atoms with E-state index < -0.39 is 0 Å². The third-order valence-corrected chi connectivity index (χ3v) is 2.70. The molecule has 0 aromatic rings. The third kappa shape index (κ3) is 4.18. The number of likely N-dealkylation sites (tertiary alicyclic amines) is 1. The molecular weight excluding hydrogens is 192 g/mol. The number of nitrogens with zero attached hydrogens (tertiary/aromatic N) is 1. The van der Waals surface area contributed by atoms with Crippen LogP contribution in [0.5, 0.6) is 0 Å². The zero-order chi connectivity index (χ0) is 11.3. The van der Waals surface area contributed by atoms with Gasteiger partial charge in [-0.25, -0.2) is 0 Å². The molecule has 1 unspecified atom stereocenters. The zero-order valence-corrected chi connectivity index (χ0v) is 9.95. The maximum absolute atomic E-state index is 11.7. The molecule has 1 aliphatic rings. The zero-order valence-electron chi connectivity index (χ0n) is 9.95. The van der Waals surface area contributed by atoms with E-state index in [0.717, 1.165) is 26.1 Å². The predicted octanol–water partition coefficient (Wildman–Crippen LogP) is 0.479. The van der Waals surface area contributed by atoms with Crippen LogP contribution in [0.3, 0.4) is 0 Å². The minimum Gasteiger partial charge on any atom is -0.384 e. The van der Waals surface area contributed by atoms with Crippen LogP contribution in [0, 0.1) is 5.92 Å². The predicted molar refractivity (Wildman–Crippen MR) is 59.7 cm³/mol. The first-order valence-electron chi connectivity index (χ1n) is 5.63. The second-order valence-electron chi connectivity index (χ2n) is 4.49. The first-order valence-corrected chi connectivity index (χ1v) is 5.63. The minimum absolute atomic E-state index is 0.210. The average molecular weight is 214 g/mol. The number of amides is 1. The third-order valence-electron chi connectivity index (χ3n) is 2.70. The van der Waals surface area contributed by atoms with E-state index in [2.05, 4.69) is 5.32 Å². The number of ether oxygens (including phenoxy) is 1. The number of carbonyl (C=O) groups is 1. The highest BCUT2D eigenvalue weighted by Gasteiger charge is 2.25. The summed E-state index contributed by atoms with van der Waals surface area (Å²) in [5.74, 6) is 0.736. The van der Waals surface area contributed by atoms with Crippen molar-refractivity contribution in [1.29, 1.82) is 0 Å². The molecule has 1 heterocycles. The van der Waals surface area contributed by atoms with Crippen LogP contribution in [0.25, 0.3) is 0 Å². The first-order chi connectivity index (χ1) is 7.13. The molecule has 0 aromatic carbocycles. The van der Waals surface area contributed by atoms with Gasteiger partial charge in [0, 0.05) is 32.2 Å². The van der Waals surface area contributed by atoms with Crippen molar-refractivity contribution in [3.63, 3.8) is 0 Å². The molecule has 1 atom stereocenters. The molecule has 1 saturated heterocycles. The molecule has 0 aliphatic carbocycles. The summed E-state index contributed by atoms with van der Waals surface area (Å²) in [6.07, 6.45) is 1.07. The largest absolute Gasteiger partial charge is 0.384 e. The van der Waals surface area contributed by atoms with Gasteiger partial charge >= 0.3 is 0 Å². The molecule has 1 amide bonds. The van der Waals surface area contributed by atoms with Crippen LogP contribution in [-0.4, -0.2) is 50.2 Å². The number of nitrogens with one attached hydrogen (secondary N) is 1. The Balaban J connectivity index is 2.24. The lowest BCUT2D eigenvalue weighted by atomic mass is 10.1. The van der Waals surface area contributed by atoms with Crippen molar-refractivity contribution < 1.29 is 9.53 Å². The van der Waals surface area contributed by atoms with Crippen molar-refractivity contribution in [1.82, 2.24) is 10.2 Å². The van der Waals surface area contributed by atoms with Gasteiger partial charge in [0.2, 0.25) is 5.91 Å². The number of methoxy groups -OCH3 is 1. The minimum atomic E-state index is 0.210. The van der Waals surface area contributed by atoms with E-state index in [1.165, 1.54) is 0 Å². The van der Waals surface area contributed by atoms with E-state index in [1.54, 1.807) is 7.11 Å². The Morgan fingerprint density at radius 3 is 2.93 bits per heavy atom.